The van der Waals surface area contributed by atoms with E-state index >= 15 is 0 Å². The van der Waals surface area contributed by atoms with Crippen molar-refractivity contribution in [3.05, 3.63) is 12.4 Å². The molecule has 0 aromatic carbocycles. The Balaban J connectivity index is 2.53. The maximum Gasteiger partial charge on any atom is 0.229 e. The Labute approximate surface area is 83.3 Å². The smallest absolute Gasteiger partial charge is 0.229 e. The van der Waals surface area contributed by atoms with Crippen LogP contribution in [0.5, 0.6) is 0 Å². The average molecular weight is 196 g/mol. The Morgan fingerprint density at radius 3 is 3.00 bits per heavy atom. The van der Waals surface area contributed by atoms with E-state index in [4.69, 9.17) is 5.73 Å². The van der Waals surface area contributed by atoms with Crippen LogP contribution in [0.25, 0.3) is 0 Å². The summed E-state index contributed by atoms with van der Waals surface area (Å²) in [7, 11) is 1.83. The first-order valence-electron chi connectivity index (χ1n) is 4.63. The van der Waals surface area contributed by atoms with Crippen LogP contribution in [-0.4, -0.2) is 22.0 Å². The maximum atomic E-state index is 11.5. The molecule has 0 spiro atoms. The number of nitrogens with two attached hydrogens (primary N) is 1. The fourth-order valence-corrected chi connectivity index (χ4v) is 1.10. The van der Waals surface area contributed by atoms with Crippen LogP contribution in [0, 0.1) is 5.92 Å². The number of aryl methyl sites for hydroxylation is 1. The molecule has 14 heavy (non-hydrogen) atoms. The van der Waals surface area contributed by atoms with E-state index in [0.717, 1.165) is 0 Å². The highest BCUT2D eigenvalue weighted by molar-refractivity contribution is 5.90. The first-order chi connectivity index (χ1) is 6.65. The molecule has 0 aliphatic rings. The largest absolute Gasteiger partial charge is 0.330 e. The molecular formula is C9H16N4O. The molecule has 1 rings (SSSR count). The van der Waals surface area contributed by atoms with E-state index < -0.39 is 0 Å². The number of anilines is 1. The maximum absolute atomic E-state index is 11.5. The highest BCUT2D eigenvalue weighted by Crippen LogP contribution is 2.06. The second kappa shape index (κ2) is 4.76. The molecule has 5 nitrogen and oxygen atoms in total. The molecule has 1 amide bonds. The van der Waals surface area contributed by atoms with Crippen molar-refractivity contribution in [3.63, 3.8) is 0 Å². The fourth-order valence-electron chi connectivity index (χ4n) is 1.10. The van der Waals surface area contributed by atoms with Gasteiger partial charge in [0, 0.05) is 25.4 Å². The molecule has 5 heteroatoms. The van der Waals surface area contributed by atoms with Gasteiger partial charge < -0.3 is 10.3 Å². The van der Waals surface area contributed by atoms with Crippen molar-refractivity contribution < 1.29 is 4.79 Å². The van der Waals surface area contributed by atoms with Crippen LogP contribution in [0.15, 0.2) is 12.4 Å². The van der Waals surface area contributed by atoms with Crippen molar-refractivity contribution >= 4 is 11.9 Å². The van der Waals surface area contributed by atoms with Gasteiger partial charge in [0.1, 0.15) is 0 Å². The van der Waals surface area contributed by atoms with E-state index in [2.05, 4.69) is 10.3 Å². The lowest BCUT2D eigenvalue weighted by atomic mass is 10.1. The third kappa shape index (κ3) is 2.56. The summed E-state index contributed by atoms with van der Waals surface area (Å²) in [6.07, 6.45) is 4.11. The van der Waals surface area contributed by atoms with Crippen molar-refractivity contribution in [3.8, 4) is 0 Å². The molecule has 1 heterocycles. The lowest BCUT2D eigenvalue weighted by Gasteiger charge is -2.10. The minimum Gasteiger partial charge on any atom is -0.330 e. The van der Waals surface area contributed by atoms with Crippen molar-refractivity contribution in [1.82, 2.24) is 9.55 Å². The normalized spacial score (nSPS) is 12.5. The zero-order chi connectivity index (χ0) is 10.6. The standard InChI is InChI=1S/C9H16N4O/c1-7(3-4-10)8(14)12-9-11-5-6-13(9)2/h5-7H,3-4,10H2,1-2H3,(H,11,12,14). The monoisotopic (exact) mass is 196 g/mol. The van der Waals surface area contributed by atoms with Gasteiger partial charge in [0.25, 0.3) is 0 Å². The average Bonchev–Trinajstić information content (AvgIpc) is 2.52. The van der Waals surface area contributed by atoms with Crippen LogP contribution >= 0.6 is 0 Å². The summed E-state index contributed by atoms with van der Waals surface area (Å²) in [6.45, 7) is 2.38. The van der Waals surface area contributed by atoms with Crippen molar-refractivity contribution in [2.45, 2.75) is 13.3 Å². The van der Waals surface area contributed by atoms with Crippen molar-refractivity contribution in [2.24, 2.45) is 18.7 Å². The molecule has 0 saturated carbocycles. The van der Waals surface area contributed by atoms with Crippen LogP contribution in [0.1, 0.15) is 13.3 Å². The molecule has 78 valence electrons. The number of carbonyl (C=O) groups is 1. The van der Waals surface area contributed by atoms with E-state index in [0.29, 0.717) is 18.9 Å². The second-order valence-corrected chi connectivity index (χ2v) is 3.33. The summed E-state index contributed by atoms with van der Waals surface area (Å²) in [6, 6.07) is 0. The third-order valence-corrected chi connectivity index (χ3v) is 2.10. The van der Waals surface area contributed by atoms with Crippen molar-refractivity contribution in [1.29, 1.82) is 0 Å². The quantitative estimate of drug-likeness (QED) is 0.729. The van der Waals surface area contributed by atoms with Gasteiger partial charge in [0.05, 0.1) is 0 Å². The SMILES string of the molecule is CC(CCN)C(=O)Nc1nccn1C. The Kier molecular flexibility index (Phi) is 3.64. The third-order valence-electron chi connectivity index (χ3n) is 2.10. The lowest BCUT2D eigenvalue weighted by molar-refractivity contribution is -0.119. The predicted molar refractivity (Wildman–Crippen MR) is 54.7 cm³/mol. The summed E-state index contributed by atoms with van der Waals surface area (Å²) >= 11 is 0. The van der Waals surface area contributed by atoms with Gasteiger partial charge in [-0.15, -0.1) is 0 Å². The number of aromatic nitrogens is 2. The highest BCUT2D eigenvalue weighted by atomic mass is 16.2. The number of hydrogen-bond acceptors (Lipinski definition) is 3. The van der Waals surface area contributed by atoms with Gasteiger partial charge in [0.15, 0.2) is 0 Å². The number of rotatable bonds is 4. The first-order valence-corrected chi connectivity index (χ1v) is 4.63. The summed E-state index contributed by atoms with van der Waals surface area (Å²) < 4.78 is 1.76. The summed E-state index contributed by atoms with van der Waals surface area (Å²) in [5.74, 6) is 0.459. The van der Waals surface area contributed by atoms with Gasteiger partial charge in [-0.25, -0.2) is 4.98 Å². The molecule has 0 aliphatic carbocycles. The van der Waals surface area contributed by atoms with Gasteiger partial charge in [-0.2, -0.15) is 0 Å². The first kappa shape index (κ1) is 10.7. The molecule has 0 saturated heterocycles. The molecule has 1 unspecified atom stereocenters. The molecule has 0 bridgehead atoms. The topological polar surface area (TPSA) is 72.9 Å². The van der Waals surface area contributed by atoms with E-state index in [9.17, 15) is 4.79 Å². The zero-order valence-corrected chi connectivity index (χ0v) is 8.53. The van der Waals surface area contributed by atoms with E-state index in [1.54, 1.807) is 17.0 Å². The number of imidazole rings is 1. The fraction of sp³-hybridized carbons (Fsp3) is 0.556. The highest BCUT2D eigenvalue weighted by Gasteiger charge is 2.13. The van der Waals surface area contributed by atoms with Gasteiger partial charge >= 0.3 is 0 Å². The zero-order valence-electron chi connectivity index (χ0n) is 8.53. The van der Waals surface area contributed by atoms with E-state index in [-0.39, 0.29) is 11.8 Å². The summed E-state index contributed by atoms with van der Waals surface area (Å²) in [5, 5.41) is 2.73. The molecule has 3 N–H and O–H groups in total. The van der Waals surface area contributed by atoms with Gasteiger partial charge in [-0.1, -0.05) is 6.92 Å². The van der Waals surface area contributed by atoms with Crippen LogP contribution < -0.4 is 11.1 Å². The Morgan fingerprint density at radius 1 is 1.79 bits per heavy atom. The molecular weight excluding hydrogens is 180 g/mol. The summed E-state index contributed by atoms with van der Waals surface area (Å²) in [5.41, 5.74) is 5.37. The minimum atomic E-state index is -0.0725. The number of carbonyl (C=O) groups excluding carboxylic acids is 1. The number of amides is 1. The van der Waals surface area contributed by atoms with E-state index in [1.807, 2.05) is 14.0 Å². The van der Waals surface area contributed by atoms with Crippen LogP contribution in [0.3, 0.4) is 0 Å². The molecule has 0 fully saturated rings. The number of nitrogens with zero attached hydrogens (tertiary/aromatic N) is 2. The Bertz CT molecular complexity index is 308. The van der Waals surface area contributed by atoms with Crippen LogP contribution in [-0.2, 0) is 11.8 Å². The molecule has 0 radical (unpaired) electrons. The Morgan fingerprint density at radius 2 is 2.50 bits per heavy atom. The van der Waals surface area contributed by atoms with Gasteiger partial charge in [-0.3, -0.25) is 10.1 Å². The lowest BCUT2D eigenvalue weighted by Crippen LogP contribution is -2.24. The number of hydrogen-bond donors (Lipinski definition) is 2. The van der Waals surface area contributed by atoms with Gasteiger partial charge in [-0.05, 0) is 13.0 Å². The predicted octanol–water partition coefficient (Wildman–Crippen LogP) is 0.343. The minimum absolute atomic E-state index is 0.0373. The molecule has 1 atom stereocenters. The number of nitrogens with one attached hydrogen (secondary N) is 1. The van der Waals surface area contributed by atoms with Crippen LogP contribution in [0.2, 0.25) is 0 Å². The van der Waals surface area contributed by atoms with Crippen molar-refractivity contribution in [2.75, 3.05) is 11.9 Å². The molecule has 1 aromatic rings. The summed E-state index contributed by atoms with van der Waals surface area (Å²) in [4.78, 5) is 15.5. The van der Waals surface area contributed by atoms with Gasteiger partial charge in [0.2, 0.25) is 11.9 Å². The van der Waals surface area contributed by atoms with E-state index in [1.165, 1.54) is 0 Å². The Hall–Kier alpha value is -1.36. The second-order valence-electron chi connectivity index (χ2n) is 3.33. The van der Waals surface area contributed by atoms with Crippen LogP contribution in [0.4, 0.5) is 5.95 Å². The molecule has 1 aromatic heterocycles. The molecule has 0 aliphatic heterocycles.